The largest absolute Gasteiger partial charge is 0.385 e. The minimum atomic E-state index is -1.25. The molecule has 0 spiro atoms. The van der Waals surface area contributed by atoms with Crippen molar-refractivity contribution in [2.24, 2.45) is 5.92 Å². The van der Waals surface area contributed by atoms with Gasteiger partial charge in [0.2, 0.25) is 6.41 Å². The van der Waals surface area contributed by atoms with Crippen LogP contribution in [0.2, 0.25) is 5.02 Å². The maximum Gasteiger partial charge on any atom is 0.253 e. The molecule has 0 saturated carbocycles. The number of hydrogen-bond donors (Lipinski definition) is 3. The van der Waals surface area contributed by atoms with Crippen molar-refractivity contribution in [3.05, 3.63) is 94.0 Å². The molecule has 0 aliphatic carbocycles. The van der Waals surface area contributed by atoms with Crippen LogP contribution in [0.1, 0.15) is 59.7 Å². The SMILES string of the molecule is CCc1cccc(-c2c(Cl)cccc2C(O)(CCCNC=O)C2CCCN(C(=O)c3ccc(CNC)cc3)C2)c1. The van der Waals surface area contributed by atoms with E-state index in [1.165, 1.54) is 5.56 Å². The zero-order chi connectivity index (χ0) is 28.5. The highest BCUT2D eigenvalue weighted by Gasteiger charge is 2.43. The quantitative estimate of drug-likeness (QED) is 0.200. The molecule has 0 aromatic heterocycles. The molecule has 2 unspecified atom stereocenters. The first-order valence-corrected chi connectivity index (χ1v) is 14.6. The number of nitrogens with zero attached hydrogens (tertiary/aromatic N) is 1. The standard InChI is InChI=1S/C33H40ClN3O3/c1-3-24-8-4-9-27(20-24)31-29(11-5-12-30(31)34)33(40,17-7-18-36-23-38)28-10-6-19-37(22-28)32(39)26-15-13-25(14-16-26)21-35-2/h4-5,8-9,11-16,20,23,28,35,40H,3,6-7,10,17-19,21-22H2,1-2H3,(H,36,38). The zero-order valence-corrected chi connectivity index (χ0v) is 24.2. The van der Waals surface area contributed by atoms with Gasteiger partial charge in [0.1, 0.15) is 0 Å². The second-order valence-corrected chi connectivity index (χ2v) is 11.0. The number of amides is 2. The molecule has 2 atom stereocenters. The summed E-state index contributed by atoms with van der Waals surface area (Å²) < 4.78 is 0. The van der Waals surface area contributed by atoms with Gasteiger partial charge in [-0.2, -0.15) is 0 Å². The van der Waals surface area contributed by atoms with Crippen LogP contribution in [-0.2, 0) is 23.4 Å². The van der Waals surface area contributed by atoms with Gasteiger partial charge in [-0.25, -0.2) is 0 Å². The average Bonchev–Trinajstić information content (AvgIpc) is 2.99. The predicted octanol–water partition coefficient (Wildman–Crippen LogP) is 5.56. The Hall–Kier alpha value is -3.19. The fourth-order valence-corrected chi connectivity index (χ4v) is 6.19. The van der Waals surface area contributed by atoms with E-state index >= 15 is 0 Å². The smallest absolute Gasteiger partial charge is 0.253 e. The molecule has 0 bridgehead atoms. The highest BCUT2D eigenvalue weighted by molar-refractivity contribution is 6.33. The number of nitrogens with one attached hydrogen (secondary N) is 2. The van der Waals surface area contributed by atoms with Crippen molar-refractivity contribution in [2.45, 2.75) is 51.2 Å². The Balaban J connectivity index is 1.69. The molecule has 7 heteroatoms. The van der Waals surface area contributed by atoms with Crippen LogP contribution in [0, 0.1) is 5.92 Å². The second kappa shape index (κ2) is 13.9. The first kappa shape index (κ1) is 29.8. The van der Waals surface area contributed by atoms with E-state index in [1.54, 1.807) is 0 Å². The maximum atomic E-state index is 13.5. The molecule has 3 N–H and O–H groups in total. The topological polar surface area (TPSA) is 81.7 Å². The Kier molecular flexibility index (Phi) is 10.4. The van der Waals surface area contributed by atoms with E-state index in [0.717, 1.165) is 48.1 Å². The summed E-state index contributed by atoms with van der Waals surface area (Å²) in [6.45, 7) is 4.41. The van der Waals surface area contributed by atoms with Gasteiger partial charge in [-0.3, -0.25) is 9.59 Å². The number of benzene rings is 3. The Morgan fingerprint density at radius 2 is 1.90 bits per heavy atom. The molecule has 1 aliphatic rings. The van der Waals surface area contributed by atoms with E-state index in [2.05, 4.69) is 29.7 Å². The summed E-state index contributed by atoms with van der Waals surface area (Å²) in [5.74, 6) is -0.218. The summed E-state index contributed by atoms with van der Waals surface area (Å²) in [4.78, 5) is 26.3. The van der Waals surface area contributed by atoms with Gasteiger partial charge in [0.25, 0.3) is 5.91 Å². The van der Waals surface area contributed by atoms with Crippen LogP contribution >= 0.6 is 11.6 Å². The summed E-state index contributed by atoms with van der Waals surface area (Å²) >= 11 is 6.84. The lowest BCUT2D eigenvalue weighted by atomic mass is 9.72. The number of aliphatic hydroxyl groups is 1. The van der Waals surface area contributed by atoms with E-state index < -0.39 is 5.60 Å². The van der Waals surface area contributed by atoms with Crippen molar-refractivity contribution in [2.75, 3.05) is 26.7 Å². The molecule has 2 amide bonds. The van der Waals surface area contributed by atoms with Gasteiger partial charge in [-0.05, 0) is 79.6 Å². The highest BCUT2D eigenvalue weighted by atomic mass is 35.5. The first-order chi connectivity index (χ1) is 19.4. The van der Waals surface area contributed by atoms with Crippen LogP contribution in [0.3, 0.4) is 0 Å². The van der Waals surface area contributed by atoms with Crippen molar-refractivity contribution in [1.29, 1.82) is 0 Å². The van der Waals surface area contributed by atoms with Gasteiger partial charge in [-0.1, -0.05) is 67.1 Å². The number of hydrogen-bond acceptors (Lipinski definition) is 4. The lowest BCUT2D eigenvalue weighted by molar-refractivity contribution is -0.109. The average molecular weight is 562 g/mol. The van der Waals surface area contributed by atoms with E-state index in [9.17, 15) is 14.7 Å². The number of carbonyl (C=O) groups is 2. The lowest BCUT2D eigenvalue weighted by Gasteiger charge is -2.44. The number of halogens is 1. The van der Waals surface area contributed by atoms with Crippen molar-refractivity contribution in [3.63, 3.8) is 0 Å². The number of piperidine rings is 1. The predicted molar refractivity (Wildman–Crippen MR) is 161 cm³/mol. The van der Waals surface area contributed by atoms with Crippen LogP contribution in [0.15, 0.2) is 66.7 Å². The van der Waals surface area contributed by atoms with Gasteiger partial charge in [0.05, 0.1) is 5.60 Å². The Morgan fingerprint density at radius 3 is 2.62 bits per heavy atom. The monoisotopic (exact) mass is 561 g/mol. The molecular formula is C33H40ClN3O3. The number of carbonyl (C=O) groups excluding carboxylic acids is 2. The molecule has 1 aliphatic heterocycles. The molecule has 1 saturated heterocycles. The molecular weight excluding hydrogens is 522 g/mol. The molecule has 1 heterocycles. The summed E-state index contributed by atoms with van der Waals surface area (Å²) in [6, 6.07) is 21.7. The Labute approximate surface area is 242 Å². The lowest BCUT2D eigenvalue weighted by Crippen LogP contribution is -2.48. The van der Waals surface area contributed by atoms with Crippen LogP contribution in [0.25, 0.3) is 11.1 Å². The van der Waals surface area contributed by atoms with Crippen LogP contribution in [0.4, 0.5) is 0 Å². The first-order valence-electron chi connectivity index (χ1n) is 14.2. The van der Waals surface area contributed by atoms with Crippen LogP contribution < -0.4 is 10.6 Å². The number of likely N-dealkylation sites (tertiary alicyclic amines) is 1. The molecule has 212 valence electrons. The van der Waals surface area contributed by atoms with E-state index in [4.69, 9.17) is 11.6 Å². The highest BCUT2D eigenvalue weighted by Crippen LogP contribution is 2.45. The molecule has 6 nitrogen and oxygen atoms in total. The fourth-order valence-electron chi connectivity index (χ4n) is 5.91. The van der Waals surface area contributed by atoms with Crippen molar-refractivity contribution >= 4 is 23.9 Å². The van der Waals surface area contributed by atoms with Crippen LogP contribution in [-0.4, -0.2) is 49.0 Å². The fraction of sp³-hybridized carbons (Fsp3) is 0.394. The van der Waals surface area contributed by atoms with E-state index in [1.807, 2.05) is 66.5 Å². The van der Waals surface area contributed by atoms with Crippen molar-refractivity contribution < 1.29 is 14.7 Å². The summed E-state index contributed by atoms with van der Waals surface area (Å²) in [6.07, 6.45) is 4.18. The minimum absolute atomic E-state index is 0.0207. The van der Waals surface area contributed by atoms with Gasteiger partial charge in [-0.15, -0.1) is 0 Å². The molecule has 0 radical (unpaired) electrons. The third-order valence-corrected chi connectivity index (χ3v) is 8.35. The maximum absolute atomic E-state index is 13.5. The van der Waals surface area contributed by atoms with Gasteiger partial charge < -0.3 is 20.6 Å². The number of aryl methyl sites for hydroxylation is 1. The normalized spacial score (nSPS) is 16.8. The Bertz CT molecular complexity index is 1300. The molecule has 4 rings (SSSR count). The summed E-state index contributed by atoms with van der Waals surface area (Å²) in [5.41, 5.74) is 4.28. The van der Waals surface area contributed by atoms with Crippen LogP contribution in [0.5, 0.6) is 0 Å². The number of rotatable bonds is 12. The third kappa shape index (κ3) is 6.74. The molecule has 3 aromatic carbocycles. The van der Waals surface area contributed by atoms with Gasteiger partial charge in [0, 0.05) is 48.2 Å². The second-order valence-electron chi connectivity index (χ2n) is 10.6. The van der Waals surface area contributed by atoms with Gasteiger partial charge in [0.15, 0.2) is 0 Å². The van der Waals surface area contributed by atoms with E-state index in [0.29, 0.717) is 49.5 Å². The summed E-state index contributed by atoms with van der Waals surface area (Å²) in [7, 11) is 1.90. The van der Waals surface area contributed by atoms with Crippen molar-refractivity contribution in [3.8, 4) is 11.1 Å². The van der Waals surface area contributed by atoms with Gasteiger partial charge >= 0.3 is 0 Å². The molecule has 1 fully saturated rings. The summed E-state index contributed by atoms with van der Waals surface area (Å²) in [5, 5.41) is 19.1. The van der Waals surface area contributed by atoms with E-state index in [-0.39, 0.29) is 11.8 Å². The van der Waals surface area contributed by atoms with Crippen molar-refractivity contribution in [1.82, 2.24) is 15.5 Å². The zero-order valence-electron chi connectivity index (χ0n) is 23.5. The molecule has 3 aromatic rings. The molecule has 40 heavy (non-hydrogen) atoms. The minimum Gasteiger partial charge on any atom is -0.385 e. The third-order valence-electron chi connectivity index (χ3n) is 8.03. The Morgan fingerprint density at radius 1 is 1.12 bits per heavy atom.